The topological polar surface area (TPSA) is 51.5 Å². The number of nitrogens with one attached hydrogen (secondary N) is 1. The molecule has 0 aliphatic carbocycles. The van der Waals surface area contributed by atoms with Gasteiger partial charge in [0.1, 0.15) is 5.82 Å². The summed E-state index contributed by atoms with van der Waals surface area (Å²) in [5.74, 6) is 5.74. The molecule has 120 valence electrons. The number of carbonyl (C=O) groups is 1. The first-order valence-corrected chi connectivity index (χ1v) is 7.26. The van der Waals surface area contributed by atoms with Crippen LogP contribution in [0.25, 0.3) is 11.0 Å². The molecular formula is C19H14FNO3. The first-order chi connectivity index (χ1) is 11.7. The monoisotopic (exact) mass is 323 g/mol. The van der Waals surface area contributed by atoms with Gasteiger partial charge in [0.05, 0.1) is 13.7 Å². The molecule has 0 bridgehead atoms. The van der Waals surface area contributed by atoms with Crippen LogP contribution in [0.3, 0.4) is 0 Å². The second kappa shape index (κ2) is 6.88. The summed E-state index contributed by atoms with van der Waals surface area (Å²) in [6.07, 6.45) is 0. The standard InChI is InChI=1S/C19H14FNO3/c1-23-16-6-2-5-14-12-17(24-18(14)16)19(22)21-11-3-4-13-7-9-15(20)10-8-13/h2,5-10,12H,11H2,1H3,(H,21,22). The van der Waals surface area contributed by atoms with Crippen molar-refractivity contribution in [2.45, 2.75) is 0 Å². The third-order valence-electron chi connectivity index (χ3n) is 3.37. The van der Waals surface area contributed by atoms with Crippen molar-refractivity contribution >= 4 is 16.9 Å². The second-order valence-electron chi connectivity index (χ2n) is 4.98. The summed E-state index contributed by atoms with van der Waals surface area (Å²) in [5, 5.41) is 3.45. The van der Waals surface area contributed by atoms with Crippen molar-refractivity contribution in [3.63, 3.8) is 0 Å². The van der Waals surface area contributed by atoms with Crippen LogP contribution in [0.5, 0.6) is 5.75 Å². The largest absolute Gasteiger partial charge is 0.493 e. The van der Waals surface area contributed by atoms with Crippen molar-refractivity contribution < 1.29 is 18.3 Å². The van der Waals surface area contributed by atoms with E-state index in [1.165, 1.54) is 12.1 Å². The quantitative estimate of drug-likeness (QED) is 0.752. The molecule has 1 aromatic heterocycles. The van der Waals surface area contributed by atoms with E-state index in [9.17, 15) is 9.18 Å². The molecule has 0 aliphatic heterocycles. The predicted molar refractivity (Wildman–Crippen MR) is 88.4 cm³/mol. The van der Waals surface area contributed by atoms with Crippen LogP contribution in [0.4, 0.5) is 4.39 Å². The summed E-state index contributed by atoms with van der Waals surface area (Å²) >= 11 is 0. The lowest BCUT2D eigenvalue weighted by Gasteiger charge is -1.99. The third kappa shape index (κ3) is 3.39. The van der Waals surface area contributed by atoms with Crippen LogP contribution in [0, 0.1) is 17.7 Å². The highest BCUT2D eigenvalue weighted by atomic mass is 19.1. The van der Waals surface area contributed by atoms with Gasteiger partial charge in [0.25, 0.3) is 5.91 Å². The maximum Gasteiger partial charge on any atom is 0.287 e. The number of fused-ring (bicyclic) bond motifs is 1. The van der Waals surface area contributed by atoms with Crippen LogP contribution in [0.15, 0.2) is 52.9 Å². The Balaban J connectivity index is 1.66. The van der Waals surface area contributed by atoms with Crippen molar-refractivity contribution in [3.8, 4) is 17.6 Å². The van der Waals surface area contributed by atoms with E-state index in [1.807, 2.05) is 12.1 Å². The molecular weight excluding hydrogens is 309 g/mol. The third-order valence-corrected chi connectivity index (χ3v) is 3.37. The number of benzene rings is 2. The molecule has 0 unspecified atom stereocenters. The molecule has 5 heteroatoms. The Morgan fingerprint density at radius 1 is 1.25 bits per heavy atom. The smallest absolute Gasteiger partial charge is 0.287 e. The number of hydrogen-bond donors (Lipinski definition) is 1. The first-order valence-electron chi connectivity index (χ1n) is 7.26. The van der Waals surface area contributed by atoms with Gasteiger partial charge in [-0.2, -0.15) is 0 Å². The van der Waals surface area contributed by atoms with Gasteiger partial charge in [-0.25, -0.2) is 4.39 Å². The highest BCUT2D eigenvalue weighted by molar-refractivity contribution is 5.97. The zero-order chi connectivity index (χ0) is 16.9. The van der Waals surface area contributed by atoms with E-state index in [0.29, 0.717) is 16.9 Å². The number of amides is 1. The molecule has 3 rings (SSSR count). The maximum atomic E-state index is 12.8. The average molecular weight is 323 g/mol. The molecule has 0 atom stereocenters. The zero-order valence-corrected chi connectivity index (χ0v) is 12.9. The van der Waals surface area contributed by atoms with E-state index in [0.717, 1.165) is 5.39 Å². The first kappa shape index (κ1) is 15.6. The van der Waals surface area contributed by atoms with Gasteiger partial charge in [0, 0.05) is 10.9 Å². The lowest BCUT2D eigenvalue weighted by molar-refractivity contribution is 0.0933. The van der Waals surface area contributed by atoms with E-state index in [-0.39, 0.29) is 24.0 Å². The van der Waals surface area contributed by atoms with Crippen LogP contribution in [-0.4, -0.2) is 19.6 Å². The molecule has 1 heterocycles. The van der Waals surface area contributed by atoms with Crippen molar-refractivity contribution in [1.82, 2.24) is 5.32 Å². The number of para-hydroxylation sites is 1. The Hall–Kier alpha value is -3.26. The Kier molecular flexibility index (Phi) is 4.48. The van der Waals surface area contributed by atoms with Crippen LogP contribution in [0.2, 0.25) is 0 Å². The normalized spacial score (nSPS) is 10.1. The number of carbonyl (C=O) groups excluding carboxylic acids is 1. The fraction of sp³-hybridized carbons (Fsp3) is 0.105. The van der Waals surface area contributed by atoms with Gasteiger partial charge in [-0.05, 0) is 36.4 Å². The molecule has 4 nitrogen and oxygen atoms in total. The van der Waals surface area contributed by atoms with E-state index >= 15 is 0 Å². The van der Waals surface area contributed by atoms with Gasteiger partial charge in [-0.1, -0.05) is 24.0 Å². The molecule has 0 aliphatic rings. The van der Waals surface area contributed by atoms with Crippen LogP contribution >= 0.6 is 0 Å². The number of ether oxygens (including phenoxy) is 1. The molecule has 0 fully saturated rings. The lowest BCUT2D eigenvalue weighted by Crippen LogP contribution is -2.22. The fourth-order valence-electron chi connectivity index (χ4n) is 2.20. The Morgan fingerprint density at radius 3 is 2.79 bits per heavy atom. The van der Waals surface area contributed by atoms with E-state index in [4.69, 9.17) is 9.15 Å². The predicted octanol–water partition coefficient (Wildman–Crippen LogP) is 3.36. The molecule has 0 saturated heterocycles. The lowest BCUT2D eigenvalue weighted by atomic mass is 10.2. The van der Waals surface area contributed by atoms with Crippen molar-refractivity contribution in [2.75, 3.05) is 13.7 Å². The van der Waals surface area contributed by atoms with E-state index < -0.39 is 0 Å². The molecule has 1 amide bonds. The summed E-state index contributed by atoms with van der Waals surface area (Å²) < 4.78 is 23.5. The average Bonchev–Trinajstić information content (AvgIpc) is 3.04. The Bertz CT molecular complexity index is 933. The van der Waals surface area contributed by atoms with Crippen LogP contribution < -0.4 is 10.1 Å². The Labute approximate surface area is 138 Å². The minimum Gasteiger partial charge on any atom is -0.493 e. The minimum absolute atomic E-state index is 0.157. The number of halogens is 1. The summed E-state index contributed by atoms with van der Waals surface area (Å²) in [7, 11) is 1.54. The molecule has 0 spiro atoms. The highest BCUT2D eigenvalue weighted by Crippen LogP contribution is 2.28. The van der Waals surface area contributed by atoms with Crippen molar-refractivity contribution in [2.24, 2.45) is 0 Å². The number of methoxy groups -OCH3 is 1. The SMILES string of the molecule is COc1cccc2cc(C(=O)NCC#Cc3ccc(F)cc3)oc12. The molecule has 2 aromatic carbocycles. The number of rotatable bonds is 3. The van der Waals surface area contributed by atoms with Crippen molar-refractivity contribution in [1.29, 1.82) is 0 Å². The summed E-state index contributed by atoms with van der Waals surface area (Å²) in [5.41, 5.74) is 1.21. The molecule has 3 aromatic rings. The van der Waals surface area contributed by atoms with Crippen LogP contribution in [0.1, 0.15) is 16.1 Å². The van der Waals surface area contributed by atoms with E-state index in [1.54, 1.807) is 31.4 Å². The summed E-state index contributed by atoms with van der Waals surface area (Å²) in [6.45, 7) is 0.157. The van der Waals surface area contributed by atoms with Gasteiger partial charge < -0.3 is 14.5 Å². The number of hydrogen-bond acceptors (Lipinski definition) is 3. The second-order valence-corrected chi connectivity index (χ2v) is 4.98. The molecule has 0 radical (unpaired) electrons. The number of furan rings is 1. The van der Waals surface area contributed by atoms with E-state index in [2.05, 4.69) is 17.2 Å². The minimum atomic E-state index is -0.360. The fourth-order valence-corrected chi connectivity index (χ4v) is 2.20. The highest BCUT2D eigenvalue weighted by Gasteiger charge is 2.13. The Morgan fingerprint density at radius 2 is 2.04 bits per heavy atom. The van der Waals surface area contributed by atoms with Gasteiger partial charge >= 0.3 is 0 Å². The summed E-state index contributed by atoms with van der Waals surface area (Å²) in [4.78, 5) is 12.1. The molecule has 0 saturated carbocycles. The zero-order valence-electron chi connectivity index (χ0n) is 12.9. The maximum absolute atomic E-state index is 12.8. The van der Waals surface area contributed by atoms with Gasteiger partial charge in [0.15, 0.2) is 17.1 Å². The van der Waals surface area contributed by atoms with Gasteiger partial charge in [0.2, 0.25) is 0 Å². The summed E-state index contributed by atoms with van der Waals surface area (Å²) in [6, 6.07) is 12.9. The van der Waals surface area contributed by atoms with Gasteiger partial charge in [-0.15, -0.1) is 0 Å². The van der Waals surface area contributed by atoms with Crippen molar-refractivity contribution in [3.05, 3.63) is 65.7 Å². The molecule has 1 N–H and O–H groups in total. The molecule has 24 heavy (non-hydrogen) atoms. The van der Waals surface area contributed by atoms with Gasteiger partial charge in [-0.3, -0.25) is 4.79 Å². The van der Waals surface area contributed by atoms with Crippen LogP contribution in [-0.2, 0) is 0 Å².